The second-order valence-electron chi connectivity index (χ2n) is 4.32. The number of methoxy groups -OCH3 is 1. The molecule has 18 heavy (non-hydrogen) atoms. The molecule has 0 radical (unpaired) electrons. The van der Waals surface area contributed by atoms with E-state index in [1.165, 1.54) is 0 Å². The number of benzene rings is 1. The lowest BCUT2D eigenvalue weighted by Gasteiger charge is -2.16. The Morgan fingerprint density at radius 1 is 1.39 bits per heavy atom. The van der Waals surface area contributed by atoms with E-state index in [0.717, 1.165) is 37.4 Å². The monoisotopic (exact) mass is 265 g/mol. The highest BCUT2D eigenvalue weighted by Gasteiger charge is 2.32. The first-order valence-electron chi connectivity index (χ1n) is 6.30. The average molecular weight is 265 g/mol. The summed E-state index contributed by atoms with van der Waals surface area (Å²) < 4.78 is 5.02. The first-order valence-corrected chi connectivity index (χ1v) is 7.35. The van der Waals surface area contributed by atoms with Crippen molar-refractivity contribution in [3.05, 3.63) is 30.3 Å². The van der Waals surface area contributed by atoms with Gasteiger partial charge in [0.1, 0.15) is 0 Å². The standard InChI is InChI=1S/C14H19NO2S/c1-17-10-5-11-18-13-8-9-15(14(13)16)12-6-3-2-4-7-12/h2-4,6-7,13H,5,8-11H2,1H3/t13-/m0/s1. The summed E-state index contributed by atoms with van der Waals surface area (Å²) in [5, 5.41) is 0.127. The Morgan fingerprint density at radius 3 is 2.89 bits per heavy atom. The Bertz CT molecular complexity index is 383. The molecule has 0 aromatic heterocycles. The summed E-state index contributed by atoms with van der Waals surface area (Å²) in [7, 11) is 1.71. The number of carbonyl (C=O) groups excluding carboxylic acids is 1. The van der Waals surface area contributed by atoms with Crippen LogP contribution in [0.3, 0.4) is 0 Å². The Morgan fingerprint density at radius 2 is 2.17 bits per heavy atom. The fourth-order valence-corrected chi connectivity index (χ4v) is 3.21. The fourth-order valence-electron chi connectivity index (χ4n) is 2.10. The summed E-state index contributed by atoms with van der Waals surface area (Å²) in [6.45, 7) is 1.61. The molecule has 1 aliphatic rings. The number of hydrogen-bond acceptors (Lipinski definition) is 3. The molecular formula is C14H19NO2S. The van der Waals surface area contributed by atoms with E-state index < -0.39 is 0 Å². The third-order valence-corrected chi connectivity index (χ3v) is 4.40. The highest BCUT2D eigenvalue weighted by atomic mass is 32.2. The topological polar surface area (TPSA) is 29.5 Å². The van der Waals surface area contributed by atoms with Gasteiger partial charge in [0.2, 0.25) is 5.91 Å². The lowest BCUT2D eigenvalue weighted by molar-refractivity contribution is -0.116. The van der Waals surface area contributed by atoms with Crippen molar-refractivity contribution in [3.63, 3.8) is 0 Å². The number of nitrogens with zero attached hydrogens (tertiary/aromatic N) is 1. The van der Waals surface area contributed by atoms with Gasteiger partial charge in [0, 0.05) is 25.9 Å². The molecule has 0 saturated carbocycles. The molecule has 1 aromatic carbocycles. The maximum atomic E-state index is 12.2. The average Bonchev–Trinajstić information content (AvgIpc) is 2.77. The van der Waals surface area contributed by atoms with Crippen molar-refractivity contribution in [1.29, 1.82) is 0 Å². The zero-order chi connectivity index (χ0) is 12.8. The highest BCUT2D eigenvalue weighted by Crippen LogP contribution is 2.28. The first-order chi connectivity index (χ1) is 8.83. The maximum absolute atomic E-state index is 12.2. The Kier molecular flexibility index (Phi) is 5.08. The van der Waals surface area contributed by atoms with E-state index >= 15 is 0 Å². The summed E-state index contributed by atoms with van der Waals surface area (Å²) in [5.41, 5.74) is 1.02. The van der Waals surface area contributed by atoms with Gasteiger partial charge in [-0.3, -0.25) is 4.79 Å². The minimum Gasteiger partial charge on any atom is -0.385 e. The van der Waals surface area contributed by atoms with Crippen LogP contribution in [0.4, 0.5) is 5.69 Å². The van der Waals surface area contributed by atoms with Crippen LogP contribution in [0, 0.1) is 0 Å². The Hall–Kier alpha value is -1.00. The summed E-state index contributed by atoms with van der Waals surface area (Å²) in [5.74, 6) is 1.25. The van der Waals surface area contributed by atoms with Crippen LogP contribution in [-0.2, 0) is 9.53 Å². The lowest BCUT2D eigenvalue weighted by Crippen LogP contribution is -2.28. The summed E-state index contributed by atoms with van der Waals surface area (Å²) in [4.78, 5) is 14.1. The van der Waals surface area contributed by atoms with Crippen molar-refractivity contribution < 1.29 is 9.53 Å². The molecule has 0 bridgehead atoms. The molecule has 3 nitrogen and oxygen atoms in total. The van der Waals surface area contributed by atoms with Gasteiger partial charge in [0.05, 0.1) is 5.25 Å². The summed E-state index contributed by atoms with van der Waals surface area (Å²) in [6, 6.07) is 9.91. The molecule has 1 heterocycles. The molecule has 0 N–H and O–H groups in total. The third kappa shape index (κ3) is 3.27. The van der Waals surface area contributed by atoms with E-state index in [0.29, 0.717) is 0 Å². The molecule has 1 aliphatic heterocycles. The number of para-hydroxylation sites is 1. The second kappa shape index (κ2) is 6.81. The van der Waals surface area contributed by atoms with E-state index in [9.17, 15) is 4.79 Å². The zero-order valence-corrected chi connectivity index (χ0v) is 11.5. The second-order valence-corrected chi connectivity index (χ2v) is 5.63. The number of carbonyl (C=O) groups is 1. The van der Waals surface area contributed by atoms with E-state index in [-0.39, 0.29) is 11.2 Å². The van der Waals surface area contributed by atoms with Gasteiger partial charge in [-0.05, 0) is 30.7 Å². The molecule has 1 aromatic rings. The van der Waals surface area contributed by atoms with Crippen LogP contribution in [0.1, 0.15) is 12.8 Å². The van der Waals surface area contributed by atoms with Gasteiger partial charge in [-0.1, -0.05) is 18.2 Å². The minimum absolute atomic E-state index is 0.127. The van der Waals surface area contributed by atoms with E-state index in [2.05, 4.69) is 0 Å². The first kappa shape index (κ1) is 13.4. The zero-order valence-electron chi connectivity index (χ0n) is 10.7. The molecule has 0 unspecified atom stereocenters. The molecule has 1 fully saturated rings. The van der Waals surface area contributed by atoms with Crippen LogP contribution in [0.15, 0.2) is 30.3 Å². The molecule has 2 rings (SSSR count). The van der Waals surface area contributed by atoms with Crippen molar-refractivity contribution in [3.8, 4) is 0 Å². The number of amides is 1. The van der Waals surface area contributed by atoms with Crippen molar-refractivity contribution >= 4 is 23.4 Å². The summed E-state index contributed by atoms with van der Waals surface area (Å²) >= 11 is 1.76. The van der Waals surface area contributed by atoms with Crippen molar-refractivity contribution in [2.45, 2.75) is 18.1 Å². The fraction of sp³-hybridized carbons (Fsp3) is 0.500. The van der Waals surface area contributed by atoms with Gasteiger partial charge >= 0.3 is 0 Å². The van der Waals surface area contributed by atoms with Gasteiger partial charge in [0.15, 0.2) is 0 Å². The predicted molar refractivity (Wildman–Crippen MR) is 76.2 cm³/mol. The van der Waals surface area contributed by atoms with Crippen LogP contribution < -0.4 is 4.90 Å². The quantitative estimate of drug-likeness (QED) is 0.740. The van der Waals surface area contributed by atoms with Crippen LogP contribution >= 0.6 is 11.8 Å². The van der Waals surface area contributed by atoms with Crippen molar-refractivity contribution in [1.82, 2.24) is 0 Å². The third-order valence-electron chi connectivity index (χ3n) is 3.04. The SMILES string of the molecule is COCCCS[C@H]1CCN(c2ccccc2)C1=O. The van der Waals surface area contributed by atoms with E-state index in [1.807, 2.05) is 35.2 Å². The normalized spacial score (nSPS) is 19.5. The maximum Gasteiger partial charge on any atom is 0.240 e. The van der Waals surface area contributed by atoms with Crippen LogP contribution in [0.5, 0.6) is 0 Å². The van der Waals surface area contributed by atoms with Crippen LogP contribution in [0.2, 0.25) is 0 Å². The van der Waals surface area contributed by atoms with Gasteiger partial charge < -0.3 is 9.64 Å². The number of anilines is 1. The molecule has 1 saturated heterocycles. The minimum atomic E-state index is 0.127. The van der Waals surface area contributed by atoms with Crippen molar-refractivity contribution in [2.24, 2.45) is 0 Å². The molecule has 4 heteroatoms. The van der Waals surface area contributed by atoms with Crippen molar-refractivity contribution in [2.75, 3.05) is 30.9 Å². The Balaban J connectivity index is 1.86. The number of thioether (sulfide) groups is 1. The Labute approximate surface area is 113 Å². The molecule has 0 aliphatic carbocycles. The van der Waals surface area contributed by atoms with E-state index in [1.54, 1.807) is 18.9 Å². The van der Waals surface area contributed by atoms with Gasteiger partial charge in [0.25, 0.3) is 0 Å². The summed E-state index contributed by atoms with van der Waals surface area (Å²) in [6.07, 6.45) is 1.96. The molecule has 98 valence electrons. The van der Waals surface area contributed by atoms with Crippen LogP contribution in [0.25, 0.3) is 0 Å². The highest BCUT2D eigenvalue weighted by molar-refractivity contribution is 8.00. The van der Waals surface area contributed by atoms with Gasteiger partial charge in [-0.25, -0.2) is 0 Å². The lowest BCUT2D eigenvalue weighted by atomic mass is 10.3. The molecule has 0 spiro atoms. The number of ether oxygens (including phenoxy) is 1. The largest absolute Gasteiger partial charge is 0.385 e. The molecule has 1 atom stereocenters. The van der Waals surface area contributed by atoms with Crippen LogP contribution in [-0.4, -0.2) is 37.2 Å². The number of rotatable bonds is 6. The van der Waals surface area contributed by atoms with E-state index in [4.69, 9.17) is 4.74 Å². The predicted octanol–water partition coefficient (Wildman–Crippen LogP) is 2.56. The number of hydrogen-bond donors (Lipinski definition) is 0. The molecular weight excluding hydrogens is 246 g/mol. The van der Waals surface area contributed by atoms with Gasteiger partial charge in [-0.15, -0.1) is 11.8 Å². The van der Waals surface area contributed by atoms with Gasteiger partial charge in [-0.2, -0.15) is 0 Å². The smallest absolute Gasteiger partial charge is 0.240 e. The molecule has 1 amide bonds.